The highest BCUT2D eigenvalue weighted by Gasteiger charge is 2.27. The molecule has 3 rings (SSSR count). The fourth-order valence-corrected chi connectivity index (χ4v) is 2.26. The highest BCUT2D eigenvalue weighted by Crippen LogP contribution is 2.31. The normalized spacial score (nSPS) is 23.4. The van der Waals surface area contributed by atoms with Crippen LogP contribution < -0.4 is 11.1 Å². The molecule has 1 saturated carbocycles. The lowest BCUT2D eigenvalue weighted by Crippen LogP contribution is -2.38. The van der Waals surface area contributed by atoms with Crippen molar-refractivity contribution in [3.05, 3.63) is 30.6 Å². The highest BCUT2D eigenvalue weighted by atomic mass is 16.3. The lowest BCUT2D eigenvalue weighted by Gasteiger charge is -2.33. The molecule has 0 bridgehead atoms. The van der Waals surface area contributed by atoms with E-state index in [-0.39, 0.29) is 6.10 Å². The van der Waals surface area contributed by atoms with Gasteiger partial charge in [0, 0.05) is 40.6 Å². The number of nitrogens with zero attached hydrogens (tertiary/aromatic N) is 1. The van der Waals surface area contributed by atoms with E-state index in [9.17, 15) is 5.11 Å². The third-order valence-corrected chi connectivity index (χ3v) is 3.32. The standard InChI is InChI=1S/C13H15N3O/c14-12-1-2-13(16-8-5-9(17)6-8)10-3-4-15-7-11(10)12/h1-4,7-9,16-17H,5-6,14H2. The third-order valence-electron chi connectivity index (χ3n) is 3.32. The summed E-state index contributed by atoms with van der Waals surface area (Å²) in [6, 6.07) is 6.21. The van der Waals surface area contributed by atoms with Crippen molar-refractivity contribution in [1.82, 2.24) is 4.98 Å². The van der Waals surface area contributed by atoms with Gasteiger partial charge in [0.2, 0.25) is 0 Å². The van der Waals surface area contributed by atoms with Crippen LogP contribution >= 0.6 is 0 Å². The number of nitrogens with one attached hydrogen (secondary N) is 1. The first-order chi connectivity index (χ1) is 8.24. The van der Waals surface area contributed by atoms with Crippen molar-refractivity contribution in [3.8, 4) is 0 Å². The molecule has 1 aliphatic carbocycles. The number of benzene rings is 1. The first-order valence-electron chi connectivity index (χ1n) is 5.81. The monoisotopic (exact) mass is 229 g/mol. The van der Waals surface area contributed by atoms with Crippen LogP contribution in [0.4, 0.5) is 11.4 Å². The molecule has 17 heavy (non-hydrogen) atoms. The maximum Gasteiger partial charge on any atom is 0.0579 e. The molecule has 4 nitrogen and oxygen atoms in total. The van der Waals surface area contributed by atoms with Gasteiger partial charge in [0.25, 0.3) is 0 Å². The second kappa shape index (κ2) is 3.89. The van der Waals surface area contributed by atoms with Crippen molar-refractivity contribution < 1.29 is 5.11 Å². The molecule has 0 unspecified atom stereocenters. The fraction of sp³-hybridized carbons (Fsp3) is 0.308. The maximum atomic E-state index is 9.28. The summed E-state index contributed by atoms with van der Waals surface area (Å²) in [4.78, 5) is 4.09. The minimum Gasteiger partial charge on any atom is -0.398 e. The van der Waals surface area contributed by atoms with Gasteiger partial charge in [0.1, 0.15) is 0 Å². The molecule has 0 amide bonds. The second-order valence-electron chi connectivity index (χ2n) is 4.59. The summed E-state index contributed by atoms with van der Waals surface area (Å²) in [5.41, 5.74) is 7.72. The first-order valence-corrected chi connectivity index (χ1v) is 5.81. The van der Waals surface area contributed by atoms with Gasteiger partial charge in [-0.05, 0) is 31.0 Å². The zero-order valence-electron chi connectivity index (χ0n) is 9.43. The molecule has 1 aromatic carbocycles. The molecule has 0 radical (unpaired) electrons. The molecule has 1 heterocycles. The number of aliphatic hydroxyl groups excluding tert-OH is 1. The summed E-state index contributed by atoms with van der Waals surface area (Å²) in [6.07, 6.45) is 5.04. The van der Waals surface area contributed by atoms with Gasteiger partial charge in [0.15, 0.2) is 0 Å². The Hall–Kier alpha value is -1.81. The average molecular weight is 229 g/mol. The van der Waals surface area contributed by atoms with E-state index in [0.717, 1.165) is 35.0 Å². The van der Waals surface area contributed by atoms with Gasteiger partial charge in [-0.25, -0.2) is 0 Å². The quantitative estimate of drug-likeness (QED) is 0.686. The van der Waals surface area contributed by atoms with E-state index in [0.29, 0.717) is 6.04 Å². The van der Waals surface area contributed by atoms with Gasteiger partial charge in [0.05, 0.1) is 6.10 Å². The second-order valence-corrected chi connectivity index (χ2v) is 4.59. The van der Waals surface area contributed by atoms with Gasteiger partial charge in [-0.2, -0.15) is 0 Å². The summed E-state index contributed by atoms with van der Waals surface area (Å²) in [5.74, 6) is 0. The lowest BCUT2D eigenvalue weighted by atomic mass is 9.89. The molecule has 0 spiro atoms. The largest absolute Gasteiger partial charge is 0.398 e. The van der Waals surface area contributed by atoms with Crippen molar-refractivity contribution in [2.45, 2.75) is 25.0 Å². The Balaban J connectivity index is 1.96. The predicted octanol–water partition coefficient (Wildman–Crippen LogP) is 1.75. The summed E-state index contributed by atoms with van der Waals surface area (Å²) in [7, 11) is 0. The predicted molar refractivity (Wildman–Crippen MR) is 68.8 cm³/mol. The van der Waals surface area contributed by atoms with Gasteiger partial charge in [-0.3, -0.25) is 4.98 Å². The Morgan fingerprint density at radius 3 is 2.82 bits per heavy atom. The number of nitrogens with two attached hydrogens (primary N) is 1. The van der Waals surface area contributed by atoms with E-state index >= 15 is 0 Å². The smallest absolute Gasteiger partial charge is 0.0579 e. The summed E-state index contributed by atoms with van der Waals surface area (Å²) < 4.78 is 0. The number of pyridine rings is 1. The minimum atomic E-state index is -0.144. The van der Waals surface area contributed by atoms with Crippen molar-refractivity contribution in [2.24, 2.45) is 0 Å². The molecule has 2 aromatic rings. The zero-order valence-corrected chi connectivity index (χ0v) is 9.43. The number of hydrogen-bond acceptors (Lipinski definition) is 4. The van der Waals surface area contributed by atoms with E-state index in [1.54, 1.807) is 12.4 Å². The molecule has 0 aliphatic heterocycles. The molecule has 0 atom stereocenters. The van der Waals surface area contributed by atoms with Crippen LogP contribution in [0.5, 0.6) is 0 Å². The van der Waals surface area contributed by atoms with Crippen molar-refractivity contribution in [2.75, 3.05) is 11.1 Å². The van der Waals surface area contributed by atoms with Crippen LogP contribution in [-0.2, 0) is 0 Å². The Bertz CT molecular complexity index is 549. The topological polar surface area (TPSA) is 71.2 Å². The lowest BCUT2D eigenvalue weighted by molar-refractivity contribution is 0.0837. The van der Waals surface area contributed by atoms with E-state index in [4.69, 9.17) is 5.73 Å². The van der Waals surface area contributed by atoms with Crippen molar-refractivity contribution in [1.29, 1.82) is 0 Å². The van der Waals surface area contributed by atoms with Gasteiger partial charge < -0.3 is 16.2 Å². The molecule has 0 saturated heterocycles. The van der Waals surface area contributed by atoms with E-state index in [1.165, 1.54) is 0 Å². The molecular weight excluding hydrogens is 214 g/mol. The zero-order chi connectivity index (χ0) is 11.8. The fourth-order valence-electron chi connectivity index (χ4n) is 2.26. The van der Waals surface area contributed by atoms with Crippen LogP contribution in [0.2, 0.25) is 0 Å². The third kappa shape index (κ3) is 1.80. The van der Waals surface area contributed by atoms with Crippen LogP contribution in [0.1, 0.15) is 12.8 Å². The number of aliphatic hydroxyl groups is 1. The molecule has 88 valence electrons. The molecule has 4 N–H and O–H groups in total. The molecule has 1 aliphatic rings. The van der Waals surface area contributed by atoms with Gasteiger partial charge >= 0.3 is 0 Å². The number of rotatable bonds is 2. The van der Waals surface area contributed by atoms with Crippen LogP contribution in [0, 0.1) is 0 Å². The highest BCUT2D eigenvalue weighted by molar-refractivity contribution is 6.00. The van der Waals surface area contributed by atoms with Crippen molar-refractivity contribution >= 4 is 22.1 Å². The van der Waals surface area contributed by atoms with Gasteiger partial charge in [-0.15, -0.1) is 0 Å². The number of aromatic nitrogens is 1. The van der Waals surface area contributed by atoms with Crippen LogP contribution in [0.3, 0.4) is 0 Å². The van der Waals surface area contributed by atoms with Crippen LogP contribution in [0.25, 0.3) is 10.8 Å². The maximum absolute atomic E-state index is 9.28. The number of nitrogen functional groups attached to an aromatic ring is 1. The Labute approximate surface area is 99.5 Å². The van der Waals surface area contributed by atoms with Crippen LogP contribution in [-0.4, -0.2) is 22.2 Å². The van der Waals surface area contributed by atoms with Crippen molar-refractivity contribution in [3.63, 3.8) is 0 Å². The summed E-state index contributed by atoms with van der Waals surface area (Å²) in [5, 5.41) is 14.8. The van der Waals surface area contributed by atoms with Gasteiger partial charge in [-0.1, -0.05) is 0 Å². The number of hydrogen-bond donors (Lipinski definition) is 3. The summed E-state index contributed by atoms with van der Waals surface area (Å²) in [6.45, 7) is 0. The Kier molecular flexibility index (Phi) is 2.37. The van der Waals surface area contributed by atoms with E-state index < -0.39 is 0 Å². The number of anilines is 2. The average Bonchev–Trinajstić information content (AvgIpc) is 2.31. The molecular formula is C13H15N3O. The Morgan fingerprint density at radius 1 is 1.24 bits per heavy atom. The minimum absolute atomic E-state index is 0.144. The Morgan fingerprint density at radius 2 is 2.06 bits per heavy atom. The number of fused-ring (bicyclic) bond motifs is 1. The van der Waals surface area contributed by atoms with E-state index in [2.05, 4.69) is 10.3 Å². The molecule has 1 aromatic heterocycles. The molecule has 1 fully saturated rings. The molecule has 4 heteroatoms. The summed E-state index contributed by atoms with van der Waals surface area (Å²) >= 11 is 0. The van der Waals surface area contributed by atoms with E-state index in [1.807, 2.05) is 18.2 Å². The first kappa shape index (κ1) is 10.4. The van der Waals surface area contributed by atoms with Crippen LogP contribution in [0.15, 0.2) is 30.6 Å². The SMILES string of the molecule is Nc1ccc(NC2CC(O)C2)c2ccncc12.